The summed E-state index contributed by atoms with van der Waals surface area (Å²) in [7, 11) is 1.39. The topological polar surface area (TPSA) is 110 Å². The van der Waals surface area contributed by atoms with Crippen molar-refractivity contribution in [3.63, 3.8) is 0 Å². The van der Waals surface area contributed by atoms with E-state index in [1.165, 1.54) is 31.4 Å². The number of nitrogens with zero attached hydrogens (tertiary/aromatic N) is 3. The molecule has 220 valence electrons. The van der Waals surface area contributed by atoms with Crippen LogP contribution in [0.25, 0.3) is 0 Å². The highest BCUT2D eigenvalue weighted by molar-refractivity contribution is 8.14. The first-order valence-electron chi connectivity index (χ1n) is 12.6. The van der Waals surface area contributed by atoms with Gasteiger partial charge in [-0.3, -0.25) is 4.79 Å². The highest BCUT2D eigenvalue weighted by atomic mass is 32.2. The highest BCUT2D eigenvalue weighted by Gasteiger charge is 2.39. The average molecular weight is 611 g/mol. The molecule has 4 aromatic carbocycles. The molecule has 13 heteroatoms. The molecule has 0 fully saturated rings. The van der Waals surface area contributed by atoms with Crippen molar-refractivity contribution in [2.24, 2.45) is 16.0 Å². The van der Waals surface area contributed by atoms with Crippen LogP contribution in [0.5, 0.6) is 11.5 Å². The van der Waals surface area contributed by atoms with E-state index in [1.54, 1.807) is 42.5 Å². The summed E-state index contributed by atoms with van der Waals surface area (Å²) < 4.78 is 68.2. The minimum Gasteiger partial charge on any atom is -0.492 e. The molecule has 3 N–H and O–H groups in total. The number of carbonyl (C=O) groups is 1. The van der Waals surface area contributed by atoms with Gasteiger partial charge in [-0.15, -0.1) is 0 Å². The van der Waals surface area contributed by atoms with Crippen molar-refractivity contribution in [3.8, 4) is 11.5 Å². The number of nitrogens with two attached hydrogens (primary N) is 1. The number of amides is 1. The Balaban J connectivity index is 1.50. The van der Waals surface area contributed by atoms with E-state index in [-0.39, 0.29) is 23.2 Å². The third-order valence-corrected chi connectivity index (χ3v) is 7.61. The molecule has 1 amide bonds. The minimum atomic E-state index is -1.39. The number of ether oxygens (including phenoxy) is 2. The average Bonchev–Trinajstić information content (AvgIpc) is 3.45. The molecule has 5 rings (SSSR count). The van der Waals surface area contributed by atoms with Crippen LogP contribution in [0.1, 0.15) is 38.0 Å². The van der Waals surface area contributed by atoms with Gasteiger partial charge in [0.05, 0.1) is 7.11 Å². The zero-order valence-electron chi connectivity index (χ0n) is 22.3. The Bertz CT molecular complexity index is 1710. The molecule has 0 saturated carbocycles. The second-order valence-electron chi connectivity index (χ2n) is 9.13. The number of oxime groups is 1. The van der Waals surface area contributed by atoms with Gasteiger partial charge >= 0.3 is 0 Å². The van der Waals surface area contributed by atoms with Crippen molar-refractivity contribution in [2.45, 2.75) is 12.0 Å². The number of amidine groups is 1. The minimum absolute atomic E-state index is 0.0439. The highest BCUT2D eigenvalue weighted by Crippen LogP contribution is 2.48. The van der Waals surface area contributed by atoms with Gasteiger partial charge in [0.1, 0.15) is 45.9 Å². The normalized spacial score (nSPS) is 14.9. The number of hydrogen-bond donors (Lipinski definition) is 2. The second-order valence-corrected chi connectivity index (χ2v) is 10.2. The third kappa shape index (κ3) is 6.11. The van der Waals surface area contributed by atoms with Crippen LogP contribution < -0.4 is 15.2 Å². The van der Waals surface area contributed by atoms with E-state index in [0.717, 1.165) is 22.3 Å². The lowest BCUT2D eigenvalue weighted by Crippen LogP contribution is -2.28. The van der Waals surface area contributed by atoms with Gasteiger partial charge in [-0.25, -0.2) is 22.6 Å². The summed E-state index contributed by atoms with van der Waals surface area (Å²) >= 11 is 1.06. The molecular weight excluding hydrogens is 588 g/mol. The van der Waals surface area contributed by atoms with Crippen LogP contribution in [0.15, 0.2) is 89.1 Å². The molecule has 1 aliphatic heterocycles. The van der Waals surface area contributed by atoms with E-state index in [0.29, 0.717) is 34.6 Å². The van der Waals surface area contributed by atoms with Crippen LogP contribution in [0.3, 0.4) is 0 Å². The van der Waals surface area contributed by atoms with Crippen molar-refractivity contribution in [3.05, 3.63) is 130 Å². The fourth-order valence-electron chi connectivity index (χ4n) is 4.31. The van der Waals surface area contributed by atoms with Gasteiger partial charge in [-0.2, -0.15) is 5.10 Å². The number of hydrazone groups is 1. The largest absolute Gasteiger partial charge is 0.492 e. The molecule has 43 heavy (non-hydrogen) atoms. The molecule has 0 aromatic heterocycles. The molecule has 0 aliphatic carbocycles. The molecule has 1 unspecified atom stereocenters. The first-order valence-corrected chi connectivity index (χ1v) is 13.4. The monoisotopic (exact) mass is 610 g/mol. The number of para-hydroxylation sites is 1. The quantitative estimate of drug-likeness (QED) is 0.0812. The Kier molecular flexibility index (Phi) is 8.53. The maximum absolute atomic E-state index is 14.7. The molecule has 0 radical (unpaired) electrons. The SMILES string of the molecule is COc1c(OCc2ccc(/C(N)=N/O)cc2)cccc1C1SC(c2ccc(F)cc2)=NN1C(=O)c1c(F)cc(F)cc1F. The van der Waals surface area contributed by atoms with Crippen LogP contribution in [-0.2, 0) is 6.61 Å². The second kappa shape index (κ2) is 12.4. The molecule has 8 nitrogen and oxygen atoms in total. The van der Waals surface area contributed by atoms with Crippen LogP contribution in [0, 0.1) is 23.3 Å². The lowest BCUT2D eigenvalue weighted by Gasteiger charge is -2.24. The molecule has 1 atom stereocenters. The van der Waals surface area contributed by atoms with Gasteiger partial charge in [-0.05, 0) is 35.9 Å². The Morgan fingerprint density at radius 3 is 2.30 bits per heavy atom. The summed E-state index contributed by atoms with van der Waals surface area (Å²) in [5.41, 5.74) is 6.71. The van der Waals surface area contributed by atoms with E-state index in [4.69, 9.17) is 20.4 Å². The number of rotatable bonds is 8. The Morgan fingerprint density at radius 2 is 1.67 bits per heavy atom. The number of halogens is 4. The number of carbonyl (C=O) groups excluding carboxylic acids is 1. The fourth-order valence-corrected chi connectivity index (χ4v) is 5.48. The van der Waals surface area contributed by atoms with Crippen molar-refractivity contribution in [2.75, 3.05) is 7.11 Å². The van der Waals surface area contributed by atoms with Crippen LogP contribution >= 0.6 is 11.8 Å². The van der Waals surface area contributed by atoms with E-state index in [9.17, 15) is 22.4 Å². The first-order chi connectivity index (χ1) is 20.7. The number of thioether (sulfide) groups is 1. The fraction of sp³-hybridized carbons (Fsp3) is 0.100. The van der Waals surface area contributed by atoms with Crippen molar-refractivity contribution in [1.82, 2.24) is 5.01 Å². The molecule has 4 aromatic rings. The smallest absolute Gasteiger partial charge is 0.281 e. The van der Waals surface area contributed by atoms with E-state index >= 15 is 0 Å². The van der Waals surface area contributed by atoms with Gasteiger partial charge in [0.2, 0.25) is 0 Å². The van der Waals surface area contributed by atoms with E-state index in [2.05, 4.69) is 10.3 Å². The van der Waals surface area contributed by atoms with Crippen molar-refractivity contribution >= 4 is 28.5 Å². The Labute approximate surface area is 247 Å². The predicted molar refractivity (Wildman–Crippen MR) is 152 cm³/mol. The Hall–Kier alpha value is -5.04. The molecule has 1 heterocycles. The van der Waals surface area contributed by atoms with Gasteiger partial charge in [0.25, 0.3) is 5.91 Å². The number of benzene rings is 4. The van der Waals surface area contributed by atoms with Gasteiger partial charge in [0.15, 0.2) is 17.3 Å². The van der Waals surface area contributed by atoms with Crippen LogP contribution in [0.2, 0.25) is 0 Å². The summed E-state index contributed by atoms with van der Waals surface area (Å²) in [6.45, 7) is 0.0973. The maximum Gasteiger partial charge on any atom is 0.281 e. The summed E-state index contributed by atoms with van der Waals surface area (Å²) in [5.74, 6) is -5.14. The van der Waals surface area contributed by atoms with Crippen molar-refractivity contribution < 1.29 is 37.0 Å². The van der Waals surface area contributed by atoms with E-state index in [1.807, 2.05) is 0 Å². The summed E-state index contributed by atoms with van der Waals surface area (Å²) in [6.07, 6.45) is 0. The number of hydrogen-bond acceptors (Lipinski definition) is 7. The third-order valence-electron chi connectivity index (χ3n) is 6.40. The molecule has 0 spiro atoms. The number of methoxy groups -OCH3 is 1. The lowest BCUT2D eigenvalue weighted by molar-refractivity contribution is 0.0737. The standard InChI is InChI=1S/C30H22F4N4O4S/c1-41-26-21(3-2-4-24(26)42-15-16-5-7-17(8-6-16)27(35)37-40)30-38(29(39)25-22(33)13-20(32)14-23(25)34)36-28(43-30)18-9-11-19(31)12-10-18/h2-14,30,40H,15H2,1H3,(H2,35,37). The predicted octanol–water partition coefficient (Wildman–Crippen LogP) is 6.17. The van der Waals surface area contributed by atoms with Gasteiger partial charge in [0, 0.05) is 28.8 Å². The maximum atomic E-state index is 14.7. The summed E-state index contributed by atoms with van der Waals surface area (Å²) in [4.78, 5) is 13.5. The first kappa shape index (κ1) is 29.5. The molecule has 0 saturated heterocycles. The van der Waals surface area contributed by atoms with E-state index < -0.39 is 40.1 Å². The summed E-state index contributed by atoms with van der Waals surface area (Å²) in [5, 5.41) is 16.3. The van der Waals surface area contributed by atoms with Crippen molar-refractivity contribution in [1.29, 1.82) is 0 Å². The van der Waals surface area contributed by atoms with Crippen LogP contribution in [-0.4, -0.2) is 34.1 Å². The molecule has 0 bridgehead atoms. The summed E-state index contributed by atoms with van der Waals surface area (Å²) in [6, 6.07) is 17.8. The van der Waals surface area contributed by atoms with Gasteiger partial charge < -0.3 is 20.4 Å². The van der Waals surface area contributed by atoms with Gasteiger partial charge in [-0.1, -0.05) is 53.3 Å². The Morgan fingerprint density at radius 1 is 1.00 bits per heavy atom. The van der Waals surface area contributed by atoms with Crippen LogP contribution in [0.4, 0.5) is 17.6 Å². The zero-order valence-corrected chi connectivity index (χ0v) is 23.1. The molecule has 1 aliphatic rings. The lowest BCUT2D eigenvalue weighted by atomic mass is 10.1. The molecular formula is C30H22F4N4O4S. The zero-order chi connectivity index (χ0) is 30.7.